The van der Waals surface area contributed by atoms with E-state index >= 15 is 0 Å². The van der Waals surface area contributed by atoms with Gasteiger partial charge in [0.25, 0.3) is 0 Å². The van der Waals surface area contributed by atoms with Gasteiger partial charge in [0.15, 0.2) is 5.82 Å². The monoisotopic (exact) mass is 189 g/mol. The van der Waals surface area contributed by atoms with E-state index in [1.54, 1.807) is 7.11 Å². The van der Waals surface area contributed by atoms with Gasteiger partial charge < -0.3 is 10.5 Å². The molecule has 0 aliphatic heterocycles. The van der Waals surface area contributed by atoms with Gasteiger partial charge in [-0.3, -0.25) is 0 Å². The zero-order chi connectivity index (χ0) is 9.97. The minimum absolute atomic E-state index is 0.452. The number of aromatic amines is 1. The van der Waals surface area contributed by atoms with Crippen molar-refractivity contribution in [3.63, 3.8) is 0 Å². The van der Waals surface area contributed by atoms with Gasteiger partial charge in [-0.05, 0) is 5.56 Å². The SMILES string of the molecule is COc1[nH]nc(N)c1-c1ccccc1. The lowest BCUT2D eigenvalue weighted by Gasteiger charge is -2.01. The predicted molar refractivity (Wildman–Crippen MR) is 55.0 cm³/mol. The number of aromatic nitrogens is 2. The molecule has 4 heteroatoms. The standard InChI is InChI=1S/C10H11N3O/c1-14-10-8(9(11)12-13-10)7-5-3-2-4-6-7/h2-6H,1H3,(H3,11,12,13). The largest absolute Gasteiger partial charge is 0.481 e. The molecule has 2 rings (SSSR count). The first kappa shape index (κ1) is 8.62. The summed E-state index contributed by atoms with van der Waals surface area (Å²) in [6.45, 7) is 0. The average Bonchev–Trinajstić information content (AvgIpc) is 2.61. The van der Waals surface area contributed by atoms with E-state index in [2.05, 4.69) is 10.2 Å². The fourth-order valence-electron chi connectivity index (χ4n) is 1.37. The van der Waals surface area contributed by atoms with E-state index in [1.165, 1.54) is 0 Å². The maximum Gasteiger partial charge on any atom is 0.219 e. The maximum absolute atomic E-state index is 5.73. The first-order chi connectivity index (χ1) is 6.83. The van der Waals surface area contributed by atoms with Gasteiger partial charge in [0, 0.05) is 0 Å². The molecule has 3 N–H and O–H groups in total. The lowest BCUT2D eigenvalue weighted by molar-refractivity contribution is 0.398. The highest BCUT2D eigenvalue weighted by Crippen LogP contribution is 2.32. The summed E-state index contributed by atoms with van der Waals surface area (Å²) in [6, 6.07) is 9.77. The number of anilines is 1. The zero-order valence-electron chi connectivity index (χ0n) is 7.82. The van der Waals surface area contributed by atoms with Crippen LogP contribution in [0.3, 0.4) is 0 Å². The van der Waals surface area contributed by atoms with Crippen LogP contribution in [0.25, 0.3) is 11.1 Å². The van der Waals surface area contributed by atoms with Crippen molar-refractivity contribution >= 4 is 5.82 Å². The van der Waals surface area contributed by atoms with Gasteiger partial charge in [-0.2, -0.15) is 5.10 Å². The number of nitrogen functional groups attached to an aromatic ring is 1. The molecule has 0 unspecified atom stereocenters. The molecule has 0 bridgehead atoms. The Morgan fingerprint density at radius 3 is 2.64 bits per heavy atom. The molecule has 72 valence electrons. The van der Waals surface area contributed by atoms with E-state index in [0.717, 1.165) is 11.1 Å². The van der Waals surface area contributed by atoms with Crippen molar-refractivity contribution in [2.75, 3.05) is 12.8 Å². The van der Waals surface area contributed by atoms with E-state index in [4.69, 9.17) is 10.5 Å². The quantitative estimate of drug-likeness (QED) is 0.755. The number of rotatable bonds is 2. The van der Waals surface area contributed by atoms with Crippen molar-refractivity contribution in [3.8, 4) is 17.0 Å². The summed E-state index contributed by atoms with van der Waals surface area (Å²) in [5, 5.41) is 6.62. The number of nitrogens with two attached hydrogens (primary N) is 1. The predicted octanol–water partition coefficient (Wildman–Crippen LogP) is 1.67. The minimum Gasteiger partial charge on any atom is -0.481 e. The topological polar surface area (TPSA) is 63.9 Å². The second-order valence-electron chi connectivity index (χ2n) is 2.88. The zero-order valence-corrected chi connectivity index (χ0v) is 7.82. The van der Waals surface area contributed by atoms with Crippen LogP contribution in [0, 0.1) is 0 Å². The van der Waals surface area contributed by atoms with Gasteiger partial charge in [-0.25, -0.2) is 5.10 Å². The number of ether oxygens (including phenoxy) is 1. The number of benzene rings is 1. The van der Waals surface area contributed by atoms with Gasteiger partial charge in [0.1, 0.15) is 0 Å². The smallest absolute Gasteiger partial charge is 0.219 e. The van der Waals surface area contributed by atoms with Gasteiger partial charge in [0.2, 0.25) is 5.88 Å². The van der Waals surface area contributed by atoms with E-state index in [1.807, 2.05) is 30.3 Å². The van der Waals surface area contributed by atoms with Crippen molar-refractivity contribution < 1.29 is 4.74 Å². The van der Waals surface area contributed by atoms with Crippen LogP contribution < -0.4 is 10.5 Å². The van der Waals surface area contributed by atoms with Gasteiger partial charge in [-0.15, -0.1) is 0 Å². The van der Waals surface area contributed by atoms with Crippen molar-refractivity contribution in [2.24, 2.45) is 0 Å². The third kappa shape index (κ3) is 1.31. The molecule has 0 saturated heterocycles. The van der Waals surface area contributed by atoms with Crippen LogP contribution in [0.1, 0.15) is 0 Å². The molecule has 0 saturated carbocycles. The van der Waals surface area contributed by atoms with Crippen LogP contribution >= 0.6 is 0 Å². The van der Waals surface area contributed by atoms with Crippen LogP contribution in [-0.4, -0.2) is 17.3 Å². The number of hydrogen-bond donors (Lipinski definition) is 2. The van der Waals surface area contributed by atoms with Crippen molar-refractivity contribution in [1.82, 2.24) is 10.2 Å². The molecule has 0 atom stereocenters. The minimum atomic E-state index is 0.452. The molecule has 0 spiro atoms. The Kier molecular flexibility index (Phi) is 2.10. The molecule has 0 amide bonds. The first-order valence-corrected chi connectivity index (χ1v) is 4.26. The van der Waals surface area contributed by atoms with Crippen molar-refractivity contribution in [3.05, 3.63) is 30.3 Å². The van der Waals surface area contributed by atoms with Crippen molar-refractivity contribution in [2.45, 2.75) is 0 Å². The van der Waals surface area contributed by atoms with Crippen LogP contribution in [0.4, 0.5) is 5.82 Å². The maximum atomic E-state index is 5.73. The summed E-state index contributed by atoms with van der Waals surface area (Å²) in [4.78, 5) is 0. The Labute approximate surface area is 81.7 Å². The second-order valence-corrected chi connectivity index (χ2v) is 2.88. The Morgan fingerprint density at radius 2 is 2.00 bits per heavy atom. The molecular formula is C10H11N3O. The molecule has 1 aromatic carbocycles. The Balaban J connectivity index is 2.55. The molecule has 0 fully saturated rings. The number of H-pyrrole nitrogens is 1. The fourth-order valence-corrected chi connectivity index (χ4v) is 1.37. The molecule has 0 aliphatic carbocycles. The van der Waals surface area contributed by atoms with Crippen LogP contribution in [0.5, 0.6) is 5.88 Å². The normalized spacial score (nSPS) is 10.1. The third-order valence-corrected chi connectivity index (χ3v) is 2.03. The lowest BCUT2D eigenvalue weighted by atomic mass is 10.1. The van der Waals surface area contributed by atoms with Gasteiger partial charge in [-0.1, -0.05) is 30.3 Å². The summed E-state index contributed by atoms with van der Waals surface area (Å²) in [7, 11) is 1.58. The van der Waals surface area contributed by atoms with Gasteiger partial charge in [0.05, 0.1) is 12.7 Å². The molecule has 0 aliphatic rings. The van der Waals surface area contributed by atoms with Crippen LogP contribution in [0.15, 0.2) is 30.3 Å². The molecule has 0 radical (unpaired) electrons. The van der Waals surface area contributed by atoms with E-state index < -0.39 is 0 Å². The van der Waals surface area contributed by atoms with E-state index in [-0.39, 0.29) is 0 Å². The highest BCUT2D eigenvalue weighted by Gasteiger charge is 2.12. The Morgan fingerprint density at radius 1 is 1.29 bits per heavy atom. The molecule has 1 aromatic heterocycles. The fraction of sp³-hybridized carbons (Fsp3) is 0.100. The summed E-state index contributed by atoms with van der Waals surface area (Å²) in [5.74, 6) is 1.04. The first-order valence-electron chi connectivity index (χ1n) is 4.26. The van der Waals surface area contributed by atoms with Crippen LogP contribution in [0.2, 0.25) is 0 Å². The molecule has 1 heterocycles. The number of hydrogen-bond acceptors (Lipinski definition) is 3. The number of nitrogens with one attached hydrogen (secondary N) is 1. The summed E-state index contributed by atoms with van der Waals surface area (Å²) < 4.78 is 5.12. The van der Waals surface area contributed by atoms with E-state index in [9.17, 15) is 0 Å². The summed E-state index contributed by atoms with van der Waals surface area (Å²) in [6.07, 6.45) is 0. The lowest BCUT2D eigenvalue weighted by Crippen LogP contribution is -1.89. The van der Waals surface area contributed by atoms with Gasteiger partial charge >= 0.3 is 0 Å². The molecule has 14 heavy (non-hydrogen) atoms. The second kappa shape index (κ2) is 3.41. The third-order valence-electron chi connectivity index (χ3n) is 2.03. The average molecular weight is 189 g/mol. The molecule has 2 aromatic rings. The Hall–Kier alpha value is -1.97. The molecular weight excluding hydrogens is 178 g/mol. The number of nitrogens with zero attached hydrogens (tertiary/aromatic N) is 1. The van der Waals surface area contributed by atoms with Crippen LogP contribution in [-0.2, 0) is 0 Å². The Bertz CT molecular complexity index is 422. The summed E-state index contributed by atoms with van der Waals surface area (Å²) >= 11 is 0. The summed E-state index contributed by atoms with van der Waals surface area (Å²) in [5.41, 5.74) is 7.54. The molecule has 4 nitrogen and oxygen atoms in total. The number of methoxy groups -OCH3 is 1. The highest BCUT2D eigenvalue weighted by atomic mass is 16.5. The van der Waals surface area contributed by atoms with Crippen molar-refractivity contribution in [1.29, 1.82) is 0 Å². The highest BCUT2D eigenvalue weighted by molar-refractivity contribution is 5.78. The van der Waals surface area contributed by atoms with E-state index in [0.29, 0.717) is 11.7 Å².